The first kappa shape index (κ1) is 16.5. The summed E-state index contributed by atoms with van der Waals surface area (Å²) in [6, 6.07) is 9.09. The first-order chi connectivity index (χ1) is 12.6. The van der Waals surface area contributed by atoms with Crippen molar-refractivity contribution < 1.29 is 4.39 Å². The van der Waals surface area contributed by atoms with E-state index in [0.717, 1.165) is 55.1 Å². The van der Waals surface area contributed by atoms with Crippen LogP contribution in [0, 0.1) is 24.1 Å². The molecule has 0 unspecified atom stereocenters. The van der Waals surface area contributed by atoms with Crippen molar-refractivity contribution in [3.05, 3.63) is 53.4 Å². The fourth-order valence-electron chi connectivity index (χ4n) is 3.43. The highest BCUT2D eigenvalue weighted by atomic mass is 19.1. The predicted octanol–water partition coefficient (Wildman–Crippen LogP) is 2.60. The van der Waals surface area contributed by atoms with E-state index in [-0.39, 0.29) is 5.82 Å². The second-order valence-corrected chi connectivity index (χ2v) is 6.56. The van der Waals surface area contributed by atoms with Crippen molar-refractivity contribution in [1.29, 1.82) is 5.26 Å². The zero-order valence-corrected chi connectivity index (χ0v) is 14.5. The molecule has 1 aliphatic heterocycles. The third-order valence-electron chi connectivity index (χ3n) is 4.83. The zero-order valence-electron chi connectivity index (χ0n) is 14.5. The molecule has 0 bridgehead atoms. The number of aromatic nitrogens is 3. The van der Waals surface area contributed by atoms with Crippen molar-refractivity contribution in [1.82, 2.24) is 19.9 Å². The summed E-state index contributed by atoms with van der Waals surface area (Å²) < 4.78 is 13.3. The highest BCUT2D eigenvalue weighted by molar-refractivity contribution is 5.80. The number of aromatic amines is 1. The smallest absolute Gasteiger partial charge is 0.150 e. The maximum Gasteiger partial charge on any atom is 0.150 e. The minimum atomic E-state index is -0.229. The van der Waals surface area contributed by atoms with E-state index in [2.05, 4.69) is 36.9 Å². The second kappa shape index (κ2) is 6.73. The Balaban J connectivity index is 1.43. The molecule has 7 heteroatoms. The summed E-state index contributed by atoms with van der Waals surface area (Å²) in [7, 11) is 0. The van der Waals surface area contributed by atoms with Gasteiger partial charge in [-0.2, -0.15) is 5.26 Å². The number of benzene rings is 1. The van der Waals surface area contributed by atoms with Crippen molar-refractivity contribution in [3.63, 3.8) is 0 Å². The third kappa shape index (κ3) is 3.11. The van der Waals surface area contributed by atoms with Crippen LogP contribution in [0.15, 0.2) is 30.6 Å². The highest BCUT2D eigenvalue weighted by Gasteiger charge is 2.21. The van der Waals surface area contributed by atoms with Gasteiger partial charge in [0.2, 0.25) is 0 Å². The van der Waals surface area contributed by atoms with Gasteiger partial charge in [-0.05, 0) is 36.6 Å². The molecular formula is C19H19FN6. The number of piperazine rings is 1. The molecule has 3 heterocycles. The number of nitrogens with one attached hydrogen (secondary N) is 1. The lowest BCUT2D eigenvalue weighted by Gasteiger charge is -2.35. The van der Waals surface area contributed by atoms with Crippen molar-refractivity contribution >= 4 is 16.7 Å². The van der Waals surface area contributed by atoms with Gasteiger partial charge in [0.1, 0.15) is 29.6 Å². The van der Waals surface area contributed by atoms with Gasteiger partial charge in [0.05, 0.1) is 5.69 Å². The number of nitrogens with zero attached hydrogens (tertiary/aromatic N) is 5. The molecule has 1 aliphatic rings. The number of fused-ring (bicyclic) bond motifs is 1. The molecule has 1 aromatic carbocycles. The van der Waals surface area contributed by atoms with Gasteiger partial charge < -0.3 is 9.88 Å². The normalized spacial score (nSPS) is 15.3. The van der Waals surface area contributed by atoms with Crippen LogP contribution in [-0.4, -0.2) is 46.0 Å². The molecule has 132 valence electrons. The van der Waals surface area contributed by atoms with Gasteiger partial charge in [-0.25, -0.2) is 14.4 Å². The molecule has 26 heavy (non-hydrogen) atoms. The lowest BCUT2D eigenvalue weighted by atomic mass is 10.2. The van der Waals surface area contributed by atoms with Gasteiger partial charge in [0.25, 0.3) is 0 Å². The third-order valence-corrected chi connectivity index (χ3v) is 4.83. The van der Waals surface area contributed by atoms with E-state index in [1.807, 2.05) is 6.92 Å². The molecule has 0 saturated carbocycles. The molecular weight excluding hydrogens is 331 g/mol. The van der Waals surface area contributed by atoms with Gasteiger partial charge in [0.15, 0.2) is 0 Å². The monoisotopic (exact) mass is 350 g/mol. The Morgan fingerprint density at radius 1 is 1.19 bits per heavy atom. The van der Waals surface area contributed by atoms with Gasteiger partial charge in [0, 0.05) is 43.9 Å². The Hall–Kier alpha value is -2.98. The van der Waals surface area contributed by atoms with Crippen LogP contribution in [0.1, 0.15) is 17.0 Å². The van der Waals surface area contributed by atoms with Crippen LogP contribution in [0.5, 0.6) is 0 Å². The minimum absolute atomic E-state index is 0.229. The molecule has 0 atom stereocenters. The van der Waals surface area contributed by atoms with E-state index in [1.165, 1.54) is 18.5 Å². The first-order valence-electron chi connectivity index (χ1n) is 8.60. The number of rotatable bonds is 3. The fraction of sp³-hybridized carbons (Fsp3) is 0.316. The van der Waals surface area contributed by atoms with Crippen LogP contribution in [0.4, 0.5) is 10.2 Å². The average Bonchev–Trinajstić information content (AvgIpc) is 3.03. The Bertz CT molecular complexity index is 981. The zero-order chi connectivity index (χ0) is 18.1. The number of halogens is 1. The number of aryl methyl sites for hydroxylation is 1. The van der Waals surface area contributed by atoms with Gasteiger partial charge in [-0.3, -0.25) is 4.90 Å². The van der Waals surface area contributed by atoms with Gasteiger partial charge in [-0.1, -0.05) is 0 Å². The topological polar surface area (TPSA) is 71.8 Å². The van der Waals surface area contributed by atoms with Crippen LogP contribution in [0.3, 0.4) is 0 Å². The van der Waals surface area contributed by atoms with Crippen molar-refractivity contribution in [2.24, 2.45) is 0 Å². The van der Waals surface area contributed by atoms with E-state index < -0.39 is 0 Å². The van der Waals surface area contributed by atoms with Gasteiger partial charge >= 0.3 is 0 Å². The Kier molecular flexibility index (Phi) is 4.27. The van der Waals surface area contributed by atoms with Crippen LogP contribution in [-0.2, 0) is 6.54 Å². The Morgan fingerprint density at radius 3 is 2.77 bits per heavy atom. The maximum absolute atomic E-state index is 13.3. The molecule has 2 aromatic heterocycles. The van der Waals surface area contributed by atoms with E-state index >= 15 is 0 Å². The Labute approximate surface area is 150 Å². The summed E-state index contributed by atoms with van der Waals surface area (Å²) in [5.74, 6) is 0.494. The number of hydrogen-bond acceptors (Lipinski definition) is 5. The summed E-state index contributed by atoms with van der Waals surface area (Å²) in [5, 5.41) is 10.4. The molecule has 0 aliphatic carbocycles. The fourth-order valence-corrected chi connectivity index (χ4v) is 3.43. The summed E-state index contributed by atoms with van der Waals surface area (Å²) in [6.07, 6.45) is 1.52. The highest BCUT2D eigenvalue weighted by Crippen LogP contribution is 2.22. The number of H-pyrrole nitrogens is 1. The van der Waals surface area contributed by atoms with Crippen LogP contribution >= 0.6 is 0 Å². The molecule has 4 rings (SSSR count). The second-order valence-electron chi connectivity index (χ2n) is 6.56. The van der Waals surface area contributed by atoms with E-state index in [9.17, 15) is 9.65 Å². The standard InChI is InChI=1S/C19H19FN6/c1-13-17(10-21)19(23-12-22-13)26-6-4-25(5-7-26)11-16-8-14-2-3-15(20)9-18(14)24-16/h2-3,8-9,12,24H,4-7,11H2,1H3. The molecule has 1 fully saturated rings. The number of nitriles is 1. The summed E-state index contributed by atoms with van der Waals surface area (Å²) >= 11 is 0. The lowest BCUT2D eigenvalue weighted by Crippen LogP contribution is -2.46. The molecule has 1 saturated heterocycles. The van der Waals surface area contributed by atoms with Crippen molar-refractivity contribution in [2.75, 3.05) is 31.1 Å². The van der Waals surface area contributed by atoms with E-state index in [4.69, 9.17) is 0 Å². The first-order valence-corrected chi connectivity index (χ1v) is 8.60. The lowest BCUT2D eigenvalue weighted by molar-refractivity contribution is 0.247. The molecule has 0 amide bonds. The predicted molar refractivity (Wildman–Crippen MR) is 97.2 cm³/mol. The SMILES string of the molecule is Cc1ncnc(N2CCN(Cc3cc4ccc(F)cc4[nH]3)CC2)c1C#N. The molecule has 6 nitrogen and oxygen atoms in total. The van der Waals surface area contributed by atoms with Crippen molar-refractivity contribution in [3.8, 4) is 6.07 Å². The van der Waals surface area contributed by atoms with Crippen LogP contribution in [0.25, 0.3) is 10.9 Å². The van der Waals surface area contributed by atoms with Crippen LogP contribution in [0.2, 0.25) is 0 Å². The van der Waals surface area contributed by atoms with Crippen LogP contribution < -0.4 is 4.90 Å². The Morgan fingerprint density at radius 2 is 2.00 bits per heavy atom. The minimum Gasteiger partial charge on any atom is -0.357 e. The molecule has 3 aromatic rings. The van der Waals surface area contributed by atoms with E-state index in [0.29, 0.717) is 11.3 Å². The molecule has 0 radical (unpaired) electrons. The summed E-state index contributed by atoms with van der Waals surface area (Å²) in [5.41, 5.74) is 3.17. The number of hydrogen-bond donors (Lipinski definition) is 1. The maximum atomic E-state index is 13.3. The summed E-state index contributed by atoms with van der Waals surface area (Å²) in [4.78, 5) is 16.2. The van der Waals surface area contributed by atoms with Crippen molar-refractivity contribution in [2.45, 2.75) is 13.5 Å². The summed E-state index contributed by atoms with van der Waals surface area (Å²) in [6.45, 7) is 5.98. The van der Waals surface area contributed by atoms with E-state index in [1.54, 1.807) is 6.07 Å². The average molecular weight is 350 g/mol. The van der Waals surface area contributed by atoms with Gasteiger partial charge in [-0.15, -0.1) is 0 Å². The number of anilines is 1. The largest absolute Gasteiger partial charge is 0.357 e. The quantitative estimate of drug-likeness (QED) is 0.786. The molecule has 1 N–H and O–H groups in total. The molecule has 0 spiro atoms.